The van der Waals surface area contributed by atoms with E-state index < -0.39 is 0 Å². The van der Waals surface area contributed by atoms with Gasteiger partial charge in [0.05, 0.1) is 0 Å². The van der Waals surface area contributed by atoms with Gasteiger partial charge in [0.25, 0.3) is 0 Å². The van der Waals surface area contributed by atoms with Crippen molar-refractivity contribution in [3.8, 4) is 0 Å². The van der Waals surface area contributed by atoms with Crippen LogP contribution in [-0.4, -0.2) is 16.1 Å². The van der Waals surface area contributed by atoms with Gasteiger partial charge in [-0.3, -0.25) is 4.79 Å². The van der Waals surface area contributed by atoms with Crippen LogP contribution in [0.15, 0.2) is 10.1 Å². The van der Waals surface area contributed by atoms with E-state index >= 15 is 0 Å². The van der Waals surface area contributed by atoms with E-state index in [1.807, 2.05) is 6.92 Å². The van der Waals surface area contributed by atoms with Gasteiger partial charge in [-0.25, -0.2) is 0 Å². The molecule has 1 radical (unpaired) electrons. The highest BCUT2D eigenvalue weighted by molar-refractivity contribution is 8.26. The number of amidine groups is 1. The van der Waals surface area contributed by atoms with Crippen molar-refractivity contribution in [2.45, 2.75) is 46.0 Å². The van der Waals surface area contributed by atoms with Gasteiger partial charge < -0.3 is 0 Å². The van der Waals surface area contributed by atoms with Crippen molar-refractivity contribution in [1.29, 1.82) is 0 Å². The standard InChI is InChI=1S/C10H16N3OS/c1-3-5-7-9-12-13-10(15-9)11-8(14)6-4-2/h3-7H2,1-2H3. The monoisotopic (exact) mass is 226 g/mol. The van der Waals surface area contributed by atoms with Gasteiger partial charge in [0, 0.05) is 6.42 Å². The first-order valence-electron chi connectivity index (χ1n) is 5.33. The van der Waals surface area contributed by atoms with E-state index in [1.54, 1.807) is 0 Å². The van der Waals surface area contributed by atoms with Crippen LogP contribution in [-0.2, 0) is 4.79 Å². The Morgan fingerprint density at radius 1 is 1.40 bits per heavy atom. The second kappa shape index (κ2) is 6.61. The molecule has 0 N–H and O–H groups in total. The Morgan fingerprint density at radius 2 is 2.20 bits per heavy atom. The average Bonchev–Trinajstić information content (AvgIpc) is 2.63. The molecule has 0 atom stereocenters. The molecule has 0 bridgehead atoms. The molecule has 0 aromatic carbocycles. The minimum Gasteiger partial charge on any atom is -0.273 e. The molecule has 4 nitrogen and oxygen atoms in total. The van der Waals surface area contributed by atoms with Crippen molar-refractivity contribution in [3.63, 3.8) is 0 Å². The predicted molar refractivity (Wildman–Crippen MR) is 64.0 cm³/mol. The fourth-order valence-corrected chi connectivity index (χ4v) is 1.86. The molecule has 15 heavy (non-hydrogen) atoms. The summed E-state index contributed by atoms with van der Waals surface area (Å²) in [4.78, 5) is 15.1. The van der Waals surface area contributed by atoms with Gasteiger partial charge >= 0.3 is 0 Å². The summed E-state index contributed by atoms with van der Waals surface area (Å²) in [6.45, 7) is 4.09. The summed E-state index contributed by atoms with van der Waals surface area (Å²) < 4.78 is 0. The third kappa shape index (κ3) is 4.46. The summed E-state index contributed by atoms with van der Waals surface area (Å²) in [5, 5.41) is 5.46. The highest BCUT2D eigenvalue weighted by Gasteiger charge is 2.16. The zero-order valence-corrected chi connectivity index (χ0v) is 10.0. The lowest BCUT2D eigenvalue weighted by molar-refractivity contribution is -0.117. The topological polar surface area (TPSA) is 55.9 Å². The number of thioether (sulfide) groups is 1. The highest BCUT2D eigenvalue weighted by Crippen LogP contribution is 2.18. The second-order valence-electron chi connectivity index (χ2n) is 3.34. The highest BCUT2D eigenvalue weighted by atomic mass is 32.2. The van der Waals surface area contributed by atoms with Crippen molar-refractivity contribution in [1.82, 2.24) is 5.43 Å². The molecule has 1 rings (SSSR count). The first-order valence-corrected chi connectivity index (χ1v) is 6.14. The third-order valence-corrected chi connectivity index (χ3v) is 2.76. The average molecular weight is 226 g/mol. The maximum Gasteiger partial charge on any atom is 0.248 e. The van der Waals surface area contributed by atoms with E-state index in [9.17, 15) is 4.79 Å². The summed E-state index contributed by atoms with van der Waals surface area (Å²) in [7, 11) is 0. The first kappa shape index (κ1) is 12.2. The van der Waals surface area contributed by atoms with Crippen molar-refractivity contribution in [2.75, 3.05) is 0 Å². The molecule has 0 aromatic heterocycles. The van der Waals surface area contributed by atoms with Crippen molar-refractivity contribution in [3.05, 3.63) is 0 Å². The summed E-state index contributed by atoms with van der Waals surface area (Å²) in [6.07, 6.45) is 4.50. The molecule has 0 aliphatic carbocycles. The van der Waals surface area contributed by atoms with E-state index in [0.29, 0.717) is 11.6 Å². The van der Waals surface area contributed by atoms with Crippen LogP contribution in [0.25, 0.3) is 0 Å². The lowest BCUT2D eigenvalue weighted by atomic mass is 10.3. The second-order valence-corrected chi connectivity index (χ2v) is 4.38. The van der Waals surface area contributed by atoms with Crippen LogP contribution >= 0.6 is 11.8 Å². The summed E-state index contributed by atoms with van der Waals surface area (Å²) in [5.74, 6) is -0.101. The minimum absolute atomic E-state index is 0.101. The summed E-state index contributed by atoms with van der Waals surface area (Å²) in [6, 6.07) is 0. The third-order valence-electron chi connectivity index (χ3n) is 1.88. The van der Waals surface area contributed by atoms with Gasteiger partial charge in [0.2, 0.25) is 11.1 Å². The van der Waals surface area contributed by atoms with E-state index in [2.05, 4.69) is 22.4 Å². The molecule has 0 saturated carbocycles. The van der Waals surface area contributed by atoms with Gasteiger partial charge in [-0.2, -0.15) is 4.99 Å². The molecule has 1 heterocycles. The fraction of sp³-hybridized carbons (Fsp3) is 0.700. The molecule has 0 aromatic rings. The fourth-order valence-electron chi connectivity index (χ4n) is 1.10. The molecule has 0 spiro atoms. The maximum absolute atomic E-state index is 11.2. The van der Waals surface area contributed by atoms with Crippen LogP contribution in [0, 0.1) is 0 Å². The van der Waals surface area contributed by atoms with Gasteiger partial charge in [-0.15, -0.1) is 10.5 Å². The zero-order valence-electron chi connectivity index (χ0n) is 9.19. The molecule has 0 unspecified atom stereocenters. The van der Waals surface area contributed by atoms with Crippen molar-refractivity contribution >= 4 is 27.9 Å². The first-order chi connectivity index (χ1) is 7.26. The number of unbranched alkanes of at least 4 members (excludes halogenated alkanes) is 1. The lowest BCUT2D eigenvalue weighted by Gasteiger charge is -1.94. The van der Waals surface area contributed by atoms with E-state index in [4.69, 9.17) is 0 Å². The van der Waals surface area contributed by atoms with E-state index in [0.717, 1.165) is 30.7 Å². The molecule has 83 valence electrons. The molecule has 1 aliphatic heterocycles. The molecule has 1 amide bonds. The number of hydrogen-bond donors (Lipinski definition) is 0. The Hall–Kier alpha value is -0.840. The molecule has 0 saturated heterocycles. The van der Waals surface area contributed by atoms with E-state index in [-0.39, 0.29) is 5.91 Å². The molecule has 1 aliphatic rings. The number of hydrogen-bond acceptors (Lipinski definition) is 3. The van der Waals surface area contributed by atoms with E-state index in [1.165, 1.54) is 11.8 Å². The summed E-state index contributed by atoms with van der Waals surface area (Å²) >= 11 is 1.42. The Labute approximate surface area is 94.6 Å². The van der Waals surface area contributed by atoms with Gasteiger partial charge in [-0.05, 0) is 31.0 Å². The summed E-state index contributed by atoms with van der Waals surface area (Å²) in [5.41, 5.74) is 3.87. The maximum atomic E-state index is 11.2. The van der Waals surface area contributed by atoms with Crippen molar-refractivity contribution in [2.24, 2.45) is 10.1 Å². The quantitative estimate of drug-likeness (QED) is 0.723. The Kier molecular flexibility index (Phi) is 5.39. The number of amides is 1. The van der Waals surface area contributed by atoms with Gasteiger partial charge in [0.1, 0.15) is 5.04 Å². The van der Waals surface area contributed by atoms with Crippen LogP contribution in [0.1, 0.15) is 46.0 Å². The molecule has 5 heteroatoms. The number of nitrogens with zero attached hydrogens (tertiary/aromatic N) is 3. The van der Waals surface area contributed by atoms with Crippen LogP contribution in [0.2, 0.25) is 0 Å². The Bertz CT molecular complexity index is 286. The minimum atomic E-state index is -0.101. The number of carbonyl (C=O) groups excluding carboxylic acids is 1. The Balaban J connectivity index is 2.35. The smallest absolute Gasteiger partial charge is 0.248 e. The van der Waals surface area contributed by atoms with Gasteiger partial charge in [-0.1, -0.05) is 20.3 Å². The number of carbonyl (C=O) groups is 1. The molecular formula is C10H16N3OS. The molecule has 0 fully saturated rings. The predicted octanol–water partition coefficient (Wildman–Crippen LogP) is 2.52. The molecular weight excluding hydrogens is 210 g/mol. The van der Waals surface area contributed by atoms with Crippen molar-refractivity contribution < 1.29 is 4.79 Å². The normalized spacial score (nSPS) is 17.7. The van der Waals surface area contributed by atoms with Crippen LogP contribution < -0.4 is 5.43 Å². The SMILES string of the molecule is CCCCC1=N[N]C(=NC(=O)CCC)S1. The van der Waals surface area contributed by atoms with Crippen LogP contribution in [0.4, 0.5) is 0 Å². The van der Waals surface area contributed by atoms with Crippen LogP contribution in [0.3, 0.4) is 0 Å². The number of aliphatic imine (C=N–C) groups is 1. The number of rotatable bonds is 5. The largest absolute Gasteiger partial charge is 0.273 e. The van der Waals surface area contributed by atoms with Crippen LogP contribution in [0.5, 0.6) is 0 Å². The lowest BCUT2D eigenvalue weighted by Crippen LogP contribution is -2.04. The zero-order chi connectivity index (χ0) is 11.1. The van der Waals surface area contributed by atoms with Gasteiger partial charge in [0.15, 0.2) is 0 Å². The Morgan fingerprint density at radius 3 is 2.87 bits per heavy atom.